The van der Waals surface area contributed by atoms with Crippen LogP contribution in [0, 0.1) is 12.8 Å². The molecule has 18 heavy (non-hydrogen) atoms. The van der Waals surface area contributed by atoms with Crippen molar-refractivity contribution in [3.63, 3.8) is 0 Å². The molecule has 1 aliphatic heterocycles. The van der Waals surface area contributed by atoms with Crippen molar-refractivity contribution in [3.8, 4) is 0 Å². The van der Waals surface area contributed by atoms with Gasteiger partial charge in [0.05, 0.1) is 13.1 Å². The molecule has 1 fully saturated rings. The fourth-order valence-electron chi connectivity index (χ4n) is 2.08. The number of carbonyl (C=O) groups is 1. The summed E-state index contributed by atoms with van der Waals surface area (Å²) in [7, 11) is 0. The van der Waals surface area contributed by atoms with Gasteiger partial charge in [0.15, 0.2) is 0 Å². The van der Waals surface area contributed by atoms with Crippen LogP contribution in [0.5, 0.6) is 0 Å². The molecule has 1 aliphatic rings. The molecule has 4 heteroatoms. The van der Waals surface area contributed by atoms with E-state index in [9.17, 15) is 9.90 Å². The maximum absolute atomic E-state index is 12.2. The van der Waals surface area contributed by atoms with Crippen molar-refractivity contribution in [1.29, 1.82) is 0 Å². The molecule has 1 N–H and O–H groups in total. The van der Waals surface area contributed by atoms with Crippen LogP contribution in [0.3, 0.4) is 0 Å². The lowest BCUT2D eigenvalue weighted by atomic mass is 9.82. The first-order chi connectivity index (χ1) is 8.33. The van der Waals surface area contributed by atoms with E-state index in [0.717, 1.165) is 10.0 Å². The Morgan fingerprint density at radius 1 is 1.44 bits per heavy atom. The molecule has 2 rings (SSSR count). The van der Waals surface area contributed by atoms with Crippen LogP contribution in [-0.4, -0.2) is 34.6 Å². The number of nitrogens with zero attached hydrogens (tertiary/aromatic N) is 1. The molecule has 0 aromatic heterocycles. The SMILES string of the molecule is Cc1cc(C(=O)N2CC(O)(C(C)C)C2)ccc1Br. The number of carbonyl (C=O) groups excluding carboxylic acids is 1. The van der Waals surface area contributed by atoms with Crippen molar-refractivity contribution in [2.45, 2.75) is 26.4 Å². The molecule has 1 aromatic carbocycles. The van der Waals surface area contributed by atoms with E-state index in [1.165, 1.54) is 0 Å². The van der Waals surface area contributed by atoms with E-state index < -0.39 is 5.60 Å². The largest absolute Gasteiger partial charge is 0.386 e. The van der Waals surface area contributed by atoms with Gasteiger partial charge in [-0.3, -0.25) is 4.79 Å². The zero-order valence-corrected chi connectivity index (χ0v) is 12.5. The molecular weight excluding hydrogens is 294 g/mol. The van der Waals surface area contributed by atoms with Crippen LogP contribution in [0.25, 0.3) is 0 Å². The Balaban J connectivity index is 2.08. The molecule has 0 atom stereocenters. The molecule has 0 unspecified atom stereocenters. The van der Waals surface area contributed by atoms with Crippen LogP contribution in [0.15, 0.2) is 22.7 Å². The normalized spacial score (nSPS) is 17.8. The van der Waals surface area contributed by atoms with Gasteiger partial charge in [0.1, 0.15) is 5.60 Å². The fourth-order valence-corrected chi connectivity index (χ4v) is 2.33. The van der Waals surface area contributed by atoms with Crippen molar-refractivity contribution in [2.24, 2.45) is 5.92 Å². The van der Waals surface area contributed by atoms with E-state index in [1.807, 2.05) is 39.0 Å². The highest BCUT2D eigenvalue weighted by molar-refractivity contribution is 9.10. The van der Waals surface area contributed by atoms with Gasteiger partial charge < -0.3 is 10.0 Å². The minimum Gasteiger partial charge on any atom is -0.386 e. The van der Waals surface area contributed by atoms with Crippen LogP contribution in [0.1, 0.15) is 29.8 Å². The first-order valence-corrected chi connectivity index (χ1v) is 6.90. The second-order valence-corrected chi connectivity index (χ2v) is 6.24. The Labute approximate surface area is 116 Å². The quantitative estimate of drug-likeness (QED) is 0.912. The molecule has 98 valence electrons. The van der Waals surface area contributed by atoms with Crippen molar-refractivity contribution >= 4 is 21.8 Å². The number of amides is 1. The van der Waals surface area contributed by atoms with Gasteiger partial charge in [-0.2, -0.15) is 0 Å². The summed E-state index contributed by atoms with van der Waals surface area (Å²) in [5.41, 5.74) is 1.02. The summed E-state index contributed by atoms with van der Waals surface area (Å²) in [5, 5.41) is 10.2. The Kier molecular flexibility index (Phi) is 3.52. The third kappa shape index (κ3) is 2.31. The maximum atomic E-state index is 12.2. The van der Waals surface area contributed by atoms with E-state index in [0.29, 0.717) is 18.7 Å². The second-order valence-electron chi connectivity index (χ2n) is 5.38. The Bertz CT molecular complexity index is 479. The van der Waals surface area contributed by atoms with Gasteiger partial charge in [-0.05, 0) is 36.6 Å². The molecule has 0 radical (unpaired) electrons. The highest BCUT2D eigenvalue weighted by atomic mass is 79.9. The summed E-state index contributed by atoms with van der Waals surface area (Å²) in [4.78, 5) is 13.9. The molecule has 0 bridgehead atoms. The smallest absolute Gasteiger partial charge is 0.254 e. The van der Waals surface area contributed by atoms with E-state index in [-0.39, 0.29) is 11.8 Å². The predicted molar refractivity (Wildman–Crippen MR) is 74.6 cm³/mol. The van der Waals surface area contributed by atoms with Crippen molar-refractivity contribution in [3.05, 3.63) is 33.8 Å². The lowest BCUT2D eigenvalue weighted by Gasteiger charge is -2.49. The second kappa shape index (κ2) is 4.67. The first kappa shape index (κ1) is 13.6. The summed E-state index contributed by atoms with van der Waals surface area (Å²) in [5.74, 6) is 0.170. The third-order valence-corrected chi connectivity index (χ3v) is 4.59. The van der Waals surface area contributed by atoms with Gasteiger partial charge in [0.25, 0.3) is 5.91 Å². The van der Waals surface area contributed by atoms with Crippen LogP contribution in [0.4, 0.5) is 0 Å². The molecule has 1 saturated heterocycles. The maximum Gasteiger partial charge on any atom is 0.254 e. The highest BCUT2D eigenvalue weighted by Crippen LogP contribution is 2.30. The monoisotopic (exact) mass is 311 g/mol. The van der Waals surface area contributed by atoms with Crippen molar-refractivity contribution < 1.29 is 9.90 Å². The molecule has 0 spiro atoms. The molecule has 0 saturated carbocycles. The van der Waals surface area contributed by atoms with Gasteiger partial charge in [0.2, 0.25) is 0 Å². The Morgan fingerprint density at radius 3 is 2.56 bits per heavy atom. The van der Waals surface area contributed by atoms with Crippen molar-refractivity contribution in [1.82, 2.24) is 4.90 Å². The number of benzene rings is 1. The Morgan fingerprint density at radius 2 is 2.06 bits per heavy atom. The topological polar surface area (TPSA) is 40.5 Å². The lowest BCUT2D eigenvalue weighted by Crippen LogP contribution is -2.65. The zero-order chi connectivity index (χ0) is 13.5. The minimum absolute atomic E-state index is 0.00377. The molecular formula is C14H18BrNO2. The number of rotatable bonds is 2. The Hall–Kier alpha value is -0.870. The van der Waals surface area contributed by atoms with Crippen LogP contribution in [-0.2, 0) is 0 Å². The van der Waals surface area contributed by atoms with Crippen LogP contribution >= 0.6 is 15.9 Å². The lowest BCUT2D eigenvalue weighted by molar-refractivity contribution is -0.110. The summed E-state index contributed by atoms with van der Waals surface area (Å²) >= 11 is 3.42. The van der Waals surface area contributed by atoms with Gasteiger partial charge in [-0.1, -0.05) is 29.8 Å². The van der Waals surface area contributed by atoms with E-state index in [2.05, 4.69) is 15.9 Å². The number of halogens is 1. The number of hydrogen-bond donors (Lipinski definition) is 1. The molecule has 1 aromatic rings. The van der Waals surface area contributed by atoms with Gasteiger partial charge in [-0.25, -0.2) is 0 Å². The summed E-state index contributed by atoms with van der Waals surface area (Å²) in [6.07, 6.45) is 0. The summed E-state index contributed by atoms with van der Waals surface area (Å²) < 4.78 is 1.00. The zero-order valence-electron chi connectivity index (χ0n) is 10.9. The number of aliphatic hydroxyl groups is 1. The predicted octanol–water partition coefficient (Wildman–Crippen LogP) is 2.60. The summed E-state index contributed by atoms with van der Waals surface area (Å²) in [6, 6.07) is 5.57. The van der Waals surface area contributed by atoms with Gasteiger partial charge >= 0.3 is 0 Å². The van der Waals surface area contributed by atoms with E-state index in [1.54, 1.807) is 4.90 Å². The molecule has 0 aliphatic carbocycles. The molecule has 1 heterocycles. The fraction of sp³-hybridized carbons (Fsp3) is 0.500. The molecule has 3 nitrogen and oxygen atoms in total. The van der Waals surface area contributed by atoms with Gasteiger partial charge in [-0.15, -0.1) is 0 Å². The molecule has 1 amide bonds. The van der Waals surface area contributed by atoms with Crippen LogP contribution < -0.4 is 0 Å². The van der Waals surface area contributed by atoms with Gasteiger partial charge in [0, 0.05) is 10.0 Å². The first-order valence-electron chi connectivity index (χ1n) is 6.11. The third-order valence-electron chi connectivity index (χ3n) is 3.70. The van der Waals surface area contributed by atoms with Crippen LogP contribution in [0.2, 0.25) is 0 Å². The summed E-state index contributed by atoms with van der Waals surface area (Å²) in [6.45, 7) is 6.77. The number of β-amino-alcohol motifs (C(OH)–C–C–N with tert-alkyl or cyclic N) is 1. The standard InChI is InChI=1S/C14H18BrNO2/c1-9(2)14(18)7-16(8-14)13(17)11-4-5-12(15)10(3)6-11/h4-6,9,18H,7-8H2,1-3H3. The minimum atomic E-state index is -0.708. The van der Waals surface area contributed by atoms with E-state index >= 15 is 0 Å². The number of hydrogen-bond acceptors (Lipinski definition) is 2. The average Bonchev–Trinajstić information content (AvgIpc) is 2.27. The van der Waals surface area contributed by atoms with Crippen molar-refractivity contribution in [2.75, 3.05) is 13.1 Å². The highest BCUT2D eigenvalue weighted by Gasteiger charge is 2.45. The van der Waals surface area contributed by atoms with E-state index in [4.69, 9.17) is 0 Å². The average molecular weight is 312 g/mol. The number of likely N-dealkylation sites (tertiary alicyclic amines) is 1. The number of aryl methyl sites for hydroxylation is 1.